The van der Waals surface area contributed by atoms with Crippen molar-refractivity contribution in [2.24, 2.45) is 0 Å². The molecule has 2 aromatic carbocycles. The first kappa shape index (κ1) is 20.2. The van der Waals surface area contributed by atoms with E-state index in [-0.39, 0.29) is 30.6 Å². The van der Waals surface area contributed by atoms with Crippen molar-refractivity contribution in [1.29, 1.82) is 0 Å². The van der Waals surface area contributed by atoms with Crippen LogP contribution >= 0.6 is 11.3 Å². The second-order valence-corrected chi connectivity index (χ2v) is 8.13. The lowest BCUT2D eigenvalue weighted by atomic mass is 10.0. The van der Waals surface area contributed by atoms with E-state index in [0.717, 1.165) is 28.1 Å². The Morgan fingerprint density at radius 1 is 1.07 bits per heavy atom. The summed E-state index contributed by atoms with van der Waals surface area (Å²) in [6, 6.07) is 15.6. The molecule has 0 unspecified atom stereocenters. The molecule has 3 rings (SSSR count). The van der Waals surface area contributed by atoms with E-state index in [4.69, 9.17) is 0 Å². The minimum Gasteiger partial charge on any atom is -0.337 e. The fraction of sp³-hybridized carbons (Fsp3) is 0.348. The normalized spacial score (nSPS) is 12.1. The van der Waals surface area contributed by atoms with Crippen LogP contribution in [0.2, 0.25) is 0 Å². The number of amides is 1. The molecule has 0 N–H and O–H groups in total. The van der Waals surface area contributed by atoms with Crippen molar-refractivity contribution in [2.75, 3.05) is 7.05 Å². The van der Waals surface area contributed by atoms with E-state index < -0.39 is 0 Å². The Hall–Kier alpha value is -2.53. The summed E-state index contributed by atoms with van der Waals surface area (Å²) in [6.07, 6.45) is 2.53. The smallest absolute Gasteiger partial charge is 0.223 e. The van der Waals surface area contributed by atoms with Crippen LogP contribution < -0.4 is 0 Å². The molecule has 0 radical (unpaired) electrons. The largest absolute Gasteiger partial charge is 0.337 e. The predicted molar refractivity (Wildman–Crippen MR) is 115 cm³/mol. The Labute approximate surface area is 170 Å². The van der Waals surface area contributed by atoms with Gasteiger partial charge in [0.05, 0.1) is 16.3 Å². The van der Waals surface area contributed by atoms with Gasteiger partial charge in [-0.3, -0.25) is 9.59 Å². The topological polar surface area (TPSA) is 50.3 Å². The molecule has 28 heavy (non-hydrogen) atoms. The zero-order chi connectivity index (χ0) is 20.1. The molecule has 1 atom stereocenters. The van der Waals surface area contributed by atoms with E-state index in [1.165, 1.54) is 5.56 Å². The summed E-state index contributed by atoms with van der Waals surface area (Å²) in [5.74, 6) is -0.0276. The number of fused-ring (bicyclic) bond motifs is 1. The van der Waals surface area contributed by atoms with Gasteiger partial charge >= 0.3 is 0 Å². The van der Waals surface area contributed by atoms with Crippen molar-refractivity contribution in [1.82, 2.24) is 9.88 Å². The molecule has 4 nitrogen and oxygen atoms in total. The van der Waals surface area contributed by atoms with Gasteiger partial charge in [0.2, 0.25) is 5.91 Å². The van der Waals surface area contributed by atoms with E-state index in [1.807, 2.05) is 55.5 Å². The highest BCUT2D eigenvalue weighted by Crippen LogP contribution is 2.29. The van der Waals surface area contributed by atoms with E-state index >= 15 is 0 Å². The maximum absolute atomic E-state index is 12.6. The highest BCUT2D eigenvalue weighted by molar-refractivity contribution is 7.18. The Bertz CT molecular complexity index is 929. The van der Waals surface area contributed by atoms with E-state index in [9.17, 15) is 9.59 Å². The first-order valence-electron chi connectivity index (χ1n) is 9.73. The van der Waals surface area contributed by atoms with Gasteiger partial charge in [-0.1, -0.05) is 49.7 Å². The van der Waals surface area contributed by atoms with Crippen LogP contribution in [0.1, 0.15) is 60.1 Å². The van der Waals surface area contributed by atoms with Crippen molar-refractivity contribution in [3.8, 4) is 0 Å². The van der Waals surface area contributed by atoms with Crippen molar-refractivity contribution in [2.45, 2.75) is 45.6 Å². The zero-order valence-corrected chi connectivity index (χ0v) is 17.5. The molecule has 0 aliphatic carbocycles. The van der Waals surface area contributed by atoms with Crippen molar-refractivity contribution >= 4 is 33.2 Å². The third-order valence-corrected chi connectivity index (χ3v) is 6.23. The van der Waals surface area contributed by atoms with Crippen LogP contribution in [0.5, 0.6) is 0 Å². The Morgan fingerprint density at radius 3 is 2.46 bits per heavy atom. The monoisotopic (exact) mass is 394 g/mol. The number of carbonyl (C=O) groups excluding carboxylic acids is 2. The summed E-state index contributed by atoms with van der Waals surface area (Å²) < 4.78 is 1.12. The molecule has 0 bridgehead atoms. The Morgan fingerprint density at radius 2 is 1.79 bits per heavy atom. The fourth-order valence-electron chi connectivity index (χ4n) is 3.14. The highest BCUT2D eigenvalue weighted by Gasteiger charge is 2.21. The lowest BCUT2D eigenvalue weighted by molar-refractivity contribution is -0.131. The van der Waals surface area contributed by atoms with Crippen molar-refractivity contribution in [3.63, 3.8) is 0 Å². The number of hydrogen-bond acceptors (Lipinski definition) is 4. The fourth-order valence-corrected chi connectivity index (χ4v) is 4.20. The van der Waals surface area contributed by atoms with Gasteiger partial charge in [-0.25, -0.2) is 4.98 Å². The number of hydrogen-bond donors (Lipinski definition) is 0. The average molecular weight is 395 g/mol. The van der Waals surface area contributed by atoms with Gasteiger partial charge < -0.3 is 4.90 Å². The molecule has 1 amide bonds. The summed E-state index contributed by atoms with van der Waals surface area (Å²) in [4.78, 5) is 31.3. The predicted octanol–water partition coefficient (Wildman–Crippen LogP) is 5.43. The quantitative estimate of drug-likeness (QED) is 0.479. The standard InChI is InChI=1S/C23H26N2O2S/c1-4-7-17-10-12-18(13-11-17)20(26)14-15-22(27)25(3)16(2)23-24-19-8-5-6-9-21(19)28-23/h5-6,8-13,16H,4,7,14-15H2,1-3H3/t16-/m0/s1. The van der Waals surface area contributed by atoms with Gasteiger partial charge in [0.25, 0.3) is 0 Å². The first-order valence-corrected chi connectivity index (χ1v) is 10.5. The highest BCUT2D eigenvalue weighted by atomic mass is 32.1. The number of Topliss-reactive ketones (excluding diaryl/α,β-unsaturated/α-hetero) is 1. The van der Waals surface area contributed by atoms with E-state index in [2.05, 4.69) is 11.9 Å². The second-order valence-electron chi connectivity index (χ2n) is 7.07. The molecule has 1 heterocycles. The summed E-state index contributed by atoms with van der Waals surface area (Å²) in [5.41, 5.74) is 2.87. The van der Waals surface area contributed by atoms with Crippen LogP contribution in [0, 0.1) is 0 Å². The van der Waals surface area contributed by atoms with Crippen LogP contribution in [-0.2, 0) is 11.2 Å². The molecular formula is C23H26N2O2S. The summed E-state index contributed by atoms with van der Waals surface area (Å²) in [7, 11) is 1.78. The van der Waals surface area contributed by atoms with Crippen molar-refractivity contribution < 1.29 is 9.59 Å². The Balaban J connectivity index is 1.58. The average Bonchev–Trinajstić information content (AvgIpc) is 3.15. The molecule has 0 fully saturated rings. The molecule has 3 aromatic rings. The number of aromatic nitrogens is 1. The maximum atomic E-state index is 12.6. The molecule has 0 spiro atoms. The molecule has 146 valence electrons. The van der Waals surface area contributed by atoms with E-state index in [0.29, 0.717) is 5.56 Å². The minimum absolute atomic E-state index is 0.0115. The lowest BCUT2D eigenvalue weighted by Crippen LogP contribution is -2.29. The maximum Gasteiger partial charge on any atom is 0.223 e. The molecular weight excluding hydrogens is 368 g/mol. The number of rotatable bonds is 8. The number of aryl methyl sites for hydroxylation is 1. The molecule has 0 aliphatic rings. The van der Waals surface area contributed by atoms with Gasteiger partial charge in [-0.05, 0) is 31.0 Å². The SMILES string of the molecule is CCCc1ccc(C(=O)CCC(=O)N(C)[C@@H](C)c2nc3ccccc3s2)cc1. The second kappa shape index (κ2) is 9.11. The zero-order valence-electron chi connectivity index (χ0n) is 16.6. The molecule has 0 saturated carbocycles. The van der Waals surface area contributed by atoms with Crippen LogP contribution in [0.25, 0.3) is 10.2 Å². The first-order chi connectivity index (χ1) is 13.5. The number of ketones is 1. The summed E-state index contributed by atoms with van der Waals surface area (Å²) in [6.45, 7) is 4.11. The van der Waals surface area contributed by atoms with Gasteiger partial charge in [0.15, 0.2) is 5.78 Å². The molecule has 5 heteroatoms. The van der Waals surface area contributed by atoms with Crippen LogP contribution in [0.15, 0.2) is 48.5 Å². The number of carbonyl (C=O) groups is 2. The van der Waals surface area contributed by atoms with Crippen LogP contribution in [-0.4, -0.2) is 28.6 Å². The number of thiazole rings is 1. The molecule has 1 aromatic heterocycles. The van der Waals surface area contributed by atoms with Gasteiger partial charge in [-0.2, -0.15) is 0 Å². The third kappa shape index (κ3) is 4.65. The lowest BCUT2D eigenvalue weighted by Gasteiger charge is -2.23. The van der Waals surface area contributed by atoms with Crippen LogP contribution in [0.3, 0.4) is 0 Å². The van der Waals surface area contributed by atoms with Gasteiger partial charge in [0.1, 0.15) is 5.01 Å². The minimum atomic E-state index is -0.117. The van der Waals surface area contributed by atoms with Gasteiger partial charge in [0, 0.05) is 25.5 Å². The molecule has 0 saturated heterocycles. The van der Waals surface area contributed by atoms with E-state index in [1.54, 1.807) is 23.3 Å². The summed E-state index contributed by atoms with van der Waals surface area (Å²) >= 11 is 1.61. The van der Waals surface area contributed by atoms with Crippen LogP contribution in [0.4, 0.5) is 0 Å². The number of benzene rings is 2. The Kier molecular flexibility index (Phi) is 6.57. The number of nitrogens with zero attached hydrogens (tertiary/aromatic N) is 2. The third-order valence-electron chi connectivity index (χ3n) is 5.02. The van der Waals surface area contributed by atoms with Gasteiger partial charge in [-0.15, -0.1) is 11.3 Å². The number of para-hydroxylation sites is 1. The molecule has 0 aliphatic heterocycles. The summed E-state index contributed by atoms with van der Waals surface area (Å²) in [5, 5.41) is 0.912. The van der Waals surface area contributed by atoms with Crippen molar-refractivity contribution in [3.05, 3.63) is 64.7 Å².